The summed E-state index contributed by atoms with van der Waals surface area (Å²) >= 11 is 0. The lowest BCUT2D eigenvalue weighted by molar-refractivity contribution is 0.0758. The van der Waals surface area contributed by atoms with Gasteiger partial charge in [0, 0.05) is 43.7 Å². The number of H-pyrrole nitrogens is 1. The fraction of sp³-hybridized carbons (Fsp3) is 0.353. The Morgan fingerprint density at radius 2 is 2.17 bits per heavy atom. The van der Waals surface area contributed by atoms with E-state index in [0.717, 1.165) is 5.56 Å². The normalized spacial score (nSPS) is 20.2. The number of β-amino-alcohol motifs (C(OH)–C–C–N with tert-alkyl or cyclic N) is 1. The maximum atomic E-state index is 12.5. The summed E-state index contributed by atoms with van der Waals surface area (Å²) < 4.78 is 4.89. The first kappa shape index (κ1) is 16.2. The first-order chi connectivity index (χ1) is 11.6. The molecule has 7 heteroatoms. The zero-order valence-corrected chi connectivity index (χ0v) is 13.3. The molecule has 0 aromatic carbocycles. The summed E-state index contributed by atoms with van der Waals surface area (Å²) in [7, 11) is 1.40. The third-order valence-electron chi connectivity index (χ3n) is 4.27. The van der Waals surface area contributed by atoms with Crippen molar-refractivity contribution < 1.29 is 14.6 Å². The summed E-state index contributed by atoms with van der Waals surface area (Å²) in [4.78, 5) is 32.6. The maximum Gasteiger partial charge on any atom is 0.270 e. The molecule has 1 aliphatic heterocycles. The lowest BCUT2D eigenvalue weighted by Gasteiger charge is -2.16. The topological polar surface area (TPSA) is 95.5 Å². The van der Waals surface area contributed by atoms with Gasteiger partial charge in [-0.05, 0) is 24.1 Å². The predicted molar refractivity (Wildman–Crippen MR) is 87.0 cm³/mol. The molecule has 0 aliphatic carbocycles. The van der Waals surface area contributed by atoms with Gasteiger partial charge in [0.25, 0.3) is 5.91 Å². The number of carbonyl (C=O) groups excluding carboxylic acids is 1. The van der Waals surface area contributed by atoms with Gasteiger partial charge in [-0.2, -0.15) is 0 Å². The van der Waals surface area contributed by atoms with Crippen LogP contribution in [-0.4, -0.2) is 52.2 Å². The van der Waals surface area contributed by atoms with Crippen LogP contribution in [-0.2, 0) is 6.42 Å². The molecular weight excluding hydrogens is 310 g/mol. The van der Waals surface area contributed by atoms with Crippen molar-refractivity contribution in [2.45, 2.75) is 12.5 Å². The number of nitrogens with zero attached hydrogens (tertiary/aromatic N) is 2. The van der Waals surface area contributed by atoms with Crippen molar-refractivity contribution in [3.8, 4) is 5.75 Å². The number of rotatable bonds is 4. The Kier molecular flexibility index (Phi) is 4.61. The Morgan fingerprint density at radius 3 is 2.83 bits per heavy atom. The Labute approximate surface area is 138 Å². The molecule has 3 heterocycles. The molecule has 24 heavy (non-hydrogen) atoms. The highest BCUT2D eigenvalue weighted by Gasteiger charge is 2.34. The quantitative estimate of drug-likeness (QED) is 0.849. The maximum absolute atomic E-state index is 12.5. The number of pyridine rings is 2. The average Bonchev–Trinajstić information content (AvgIpc) is 2.96. The van der Waals surface area contributed by atoms with Crippen molar-refractivity contribution in [2.75, 3.05) is 20.2 Å². The minimum absolute atomic E-state index is 0.0404. The molecule has 2 N–H and O–H groups in total. The number of nitrogens with one attached hydrogen (secondary N) is 1. The Morgan fingerprint density at radius 1 is 1.42 bits per heavy atom. The summed E-state index contributed by atoms with van der Waals surface area (Å²) in [6, 6.07) is 5.03. The van der Waals surface area contributed by atoms with Crippen molar-refractivity contribution >= 4 is 5.91 Å². The molecule has 0 bridgehead atoms. The van der Waals surface area contributed by atoms with E-state index in [1.807, 2.05) is 12.1 Å². The highest BCUT2D eigenvalue weighted by atomic mass is 16.5. The molecule has 1 amide bonds. The molecule has 0 saturated carbocycles. The van der Waals surface area contributed by atoms with Crippen molar-refractivity contribution in [1.82, 2.24) is 14.9 Å². The molecule has 1 saturated heterocycles. The van der Waals surface area contributed by atoms with Gasteiger partial charge in [0.05, 0.1) is 13.2 Å². The summed E-state index contributed by atoms with van der Waals surface area (Å²) in [6.07, 6.45) is 4.87. The molecule has 7 nitrogen and oxygen atoms in total. The number of aromatic nitrogens is 2. The predicted octanol–water partition coefficient (Wildman–Crippen LogP) is 0.454. The van der Waals surface area contributed by atoms with Gasteiger partial charge < -0.3 is 19.7 Å². The SMILES string of the molecule is COc1c[nH]c(C(=O)N2C[C@@H](Cc3ccncc3)[C@@H](O)C2)cc1=O. The van der Waals surface area contributed by atoms with E-state index >= 15 is 0 Å². The fourth-order valence-corrected chi connectivity index (χ4v) is 2.95. The van der Waals surface area contributed by atoms with Crippen LogP contribution in [0, 0.1) is 5.92 Å². The van der Waals surface area contributed by atoms with Crippen molar-refractivity contribution in [2.24, 2.45) is 5.92 Å². The van der Waals surface area contributed by atoms with Crippen LogP contribution in [0.4, 0.5) is 0 Å². The van der Waals surface area contributed by atoms with E-state index in [0.29, 0.717) is 13.0 Å². The molecule has 2 aromatic rings. The molecule has 3 rings (SSSR count). The van der Waals surface area contributed by atoms with Crippen LogP contribution >= 0.6 is 0 Å². The molecule has 2 atom stereocenters. The standard InChI is InChI=1S/C17H19N3O4/c1-24-16-8-19-13(7-14(16)21)17(23)20-9-12(15(22)10-20)6-11-2-4-18-5-3-11/h2-5,7-8,12,15,22H,6,9-10H2,1H3,(H,19,21)/t12-,15+/m1/s1. The van der Waals surface area contributed by atoms with Gasteiger partial charge in [-0.15, -0.1) is 0 Å². The van der Waals surface area contributed by atoms with Gasteiger partial charge in [-0.1, -0.05) is 0 Å². The Hall–Kier alpha value is -2.67. The van der Waals surface area contributed by atoms with Gasteiger partial charge in [-0.3, -0.25) is 14.6 Å². The van der Waals surface area contributed by atoms with Gasteiger partial charge in [0.2, 0.25) is 5.43 Å². The lowest BCUT2D eigenvalue weighted by Crippen LogP contribution is -2.31. The van der Waals surface area contributed by atoms with E-state index in [2.05, 4.69) is 9.97 Å². The minimum Gasteiger partial charge on any atom is -0.491 e. The first-order valence-electron chi connectivity index (χ1n) is 7.71. The average molecular weight is 329 g/mol. The van der Waals surface area contributed by atoms with Gasteiger partial charge >= 0.3 is 0 Å². The summed E-state index contributed by atoms with van der Waals surface area (Å²) in [6.45, 7) is 0.693. The minimum atomic E-state index is -0.591. The molecule has 0 radical (unpaired) electrons. The zero-order chi connectivity index (χ0) is 17.1. The number of amides is 1. The van der Waals surface area contributed by atoms with E-state index in [4.69, 9.17) is 4.74 Å². The van der Waals surface area contributed by atoms with Gasteiger partial charge in [-0.25, -0.2) is 0 Å². The third kappa shape index (κ3) is 3.30. The Balaban J connectivity index is 1.71. The highest BCUT2D eigenvalue weighted by Crippen LogP contribution is 2.22. The second kappa shape index (κ2) is 6.84. The lowest BCUT2D eigenvalue weighted by atomic mass is 9.97. The Bertz CT molecular complexity index is 775. The number of carbonyl (C=O) groups is 1. The summed E-state index contributed by atoms with van der Waals surface area (Å²) in [5, 5.41) is 10.3. The molecule has 0 unspecified atom stereocenters. The number of hydrogen-bond donors (Lipinski definition) is 2. The second-order valence-electron chi connectivity index (χ2n) is 5.88. The van der Waals surface area contributed by atoms with Crippen LogP contribution in [0.5, 0.6) is 5.75 Å². The molecule has 1 aliphatic rings. The van der Waals surface area contributed by atoms with Crippen LogP contribution in [0.3, 0.4) is 0 Å². The molecule has 2 aromatic heterocycles. The number of ether oxygens (including phenoxy) is 1. The van der Waals surface area contributed by atoms with E-state index in [1.54, 1.807) is 17.3 Å². The molecule has 0 spiro atoms. The largest absolute Gasteiger partial charge is 0.491 e. The monoisotopic (exact) mass is 329 g/mol. The van der Waals surface area contributed by atoms with E-state index in [9.17, 15) is 14.7 Å². The van der Waals surface area contributed by atoms with Crippen LogP contribution in [0.1, 0.15) is 16.1 Å². The van der Waals surface area contributed by atoms with Crippen molar-refractivity contribution in [3.05, 3.63) is 58.3 Å². The van der Waals surface area contributed by atoms with E-state index in [1.165, 1.54) is 19.4 Å². The third-order valence-corrected chi connectivity index (χ3v) is 4.27. The first-order valence-corrected chi connectivity index (χ1v) is 7.71. The van der Waals surface area contributed by atoms with E-state index < -0.39 is 6.10 Å². The zero-order valence-electron chi connectivity index (χ0n) is 13.3. The number of hydrogen-bond acceptors (Lipinski definition) is 5. The number of methoxy groups -OCH3 is 1. The van der Waals surface area contributed by atoms with Crippen LogP contribution in [0.2, 0.25) is 0 Å². The van der Waals surface area contributed by atoms with Crippen LogP contribution in [0.15, 0.2) is 41.6 Å². The van der Waals surface area contributed by atoms with Crippen LogP contribution in [0.25, 0.3) is 0 Å². The van der Waals surface area contributed by atoms with Crippen LogP contribution < -0.4 is 10.2 Å². The number of likely N-dealkylation sites (tertiary alicyclic amines) is 1. The van der Waals surface area contributed by atoms with Crippen molar-refractivity contribution in [3.63, 3.8) is 0 Å². The smallest absolute Gasteiger partial charge is 0.270 e. The number of aromatic amines is 1. The van der Waals surface area contributed by atoms with E-state index in [-0.39, 0.29) is 35.2 Å². The highest BCUT2D eigenvalue weighted by molar-refractivity contribution is 5.92. The summed E-state index contributed by atoms with van der Waals surface area (Å²) in [5.74, 6) is -0.184. The van der Waals surface area contributed by atoms with Gasteiger partial charge in [0.15, 0.2) is 5.75 Å². The number of aliphatic hydroxyl groups is 1. The summed E-state index contributed by atoms with van der Waals surface area (Å²) in [5.41, 5.74) is 0.909. The molecule has 126 valence electrons. The molecule has 1 fully saturated rings. The second-order valence-corrected chi connectivity index (χ2v) is 5.88. The molecular formula is C17H19N3O4. The van der Waals surface area contributed by atoms with Gasteiger partial charge in [0.1, 0.15) is 5.69 Å². The van der Waals surface area contributed by atoms with Crippen molar-refractivity contribution in [1.29, 1.82) is 0 Å². The number of aliphatic hydroxyl groups excluding tert-OH is 1. The fourth-order valence-electron chi connectivity index (χ4n) is 2.95.